The third-order valence-electron chi connectivity index (χ3n) is 4.55. The topological polar surface area (TPSA) is 85.2 Å². The maximum Gasteiger partial charge on any atom is 0.341 e. The predicted molar refractivity (Wildman–Crippen MR) is 121 cm³/mol. The highest BCUT2D eigenvalue weighted by atomic mass is 127. The number of hydrogen-bond donors (Lipinski definition) is 2. The average Bonchev–Trinajstić information content (AvgIpc) is 3.13. The first-order valence-corrected chi connectivity index (χ1v) is 11.2. The van der Waals surface area contributed by atoms with Gasteiger partial charge in [-0.3, -0.25) is 14.8 Å². The smallest absolute Gasteiger partial charge is 0.341 e. The van der Waals surface area contributed by atoms with Crippen molar-refractivity contribution in [3.63, 3.8) is 0 Å². The molecule has 1 aliphatic rings. The van der Waals surface area contributed by atoms with Crippen molar-refractivity contribution in [3.05, 3.63) is 31.5 Å². The number of aromatic nitrogens is 2. The Hall–Kier alpha value is -1.53. The summed E-state index contributed by atoms with van der Waals surface area (Å²) in [4.78, 5) is 26.3. The monoisotopic (exact) mass is 532 g/mol. The van der Waals surface area contributed by atoms with Gasteiger partial charge in [0.15, 0.2) is 5.11 Å². The number of esters is 1. The zero-order valence-electron chi connectivity index (χ0n) is 15.8. The van der Waals surface area contributed by atoms with Crippen LogP contribution < -0.4 is 10.6 Å². The summed E-state index contributed by atoms with van der Waals surface area (Å²) in [6.07, 6.45) is 4.42. The molecule has 0 saturated heterocycles. The first kappa shape index (κ1) is 21.2. The van der Waals surface area contributed by atoms with Crippen molar-refractivity contribution in [1.82, 2.24) is 15.1 Å². The maximum atomic E-state index is 12.6. The van der Waals surface area contributed by atoms with E-state index in [0.29, 0.717) is 28.8 Å². The van der Waals surface area contributed by atoms with Crippen molar-refractivity contribution < 1.29 is 14.3 Å². The zero-order chi connectivity index (χ0) is 20.4. The second-order valence-electron chi connectivity index (χ2n) is 6.65. The first-order chi connectivity index (χ1) is 13.3. The Kier molecular flexibility index (Phi) is 6.71. The number of hydrogen-bond acceptors (Lipinski definition) is 6. The lowest BCUT2D eigenvalue weighted by Gasteiger charge is -2.18. The SMILES string of the molecule is CCOC(=O)c1c(NC(=S)NC(=O)c2c(I)cnn2C)sc2c1CC[C@@H](C)C2. The molecule has 7 nitrogen and oxygen atoms in total. The van der Waals surface area contributed by atoms with Crippen molar-refractivity contribution >= 4 is 68.1 Å². The molecule has 0 bridgehead atoms. The van der Waals surface area contributed by atoms with Gasteiger partial charge in [-0.2, -0.15) is 5.10 Å². The third-order valence-corrected chi connectivity index (χ3v) is 6.72. The standard InChI is InChI=1S/C18H21IN4O3S2/c1-4-26-17(25)13-10-6-5-9(2)7-12(10)28-16(13)22-18(27)21-15(24)14-11(19)8-20-23(14)3/h8-9H,4-7H2,1-3H3,(H2,21,22,24,27)/t9-/m1/s1. The van der Waals surface area contributed by atoms with E-state index in [9.17, 15) is 9.59 Å². The van der Waals surface area contributed by atoms with Gasteiger partial charge in [0.2, 0.25) is 0 Å². The van der Waals surface area contributed by atoms with Gasteiger partial charge in [0.1, 0.15) is 10.7 Å². The van der Waals surface area contributed by atoms with Gasteiger partial charge in [0.25, 0.3) is 5.91 Å². The number of rotatable bonds is 4. The minimum Gasteiger partial charge on any atom is -0.462 e. The van der Waals surface area contributed by atoms with Gasteiger partial charge >= 0.3 is 5.97 Å². The number of amides is 1. The number of thiocarbonyl (C=S) groups is 1. The van der Waals surface area contributed by atoms with Crippen LogP contribution in [0.5, 0.6) is 0 Å². The number of carbonyl (C=O) groups is 2. The third kappa shape index (κ3) is 4.38. The molecule has 0 fully saturated rings. The molecule has 1 amide bonds. The summed E-state index contributed by atoms with van der Waals surface area (Å²) in [5, 5.41) is 10.5. The summed E-state index contributed by atoms with van der Waals surface area (Å²) in [5.41, 5.74) is 2.01. The molecule has 2 aromatic heterocycles. The first-order valence-electron chi connectivity index (χ1n) is 8.93. The van der Waals surface area contributed by atoms with Gasteiger partial charge in [-0.25, -0.2) is 4.79 Å². The Labute approximate surface area is 186 Å². The summed E-state index contributed by atoms with van der Waals surface area (Å²) in [6.45, 7) is 4.30. The number of halogens is 1. The van der Waals surface area contributed by atoms with E-state index in [1.165, 1.54) is 20.9 Å². The summed E-state index contributed by atoms with van der Waals surface area (Å²) in [5.74, 6) is -0.130. The molecule has 28 heavy (non-hydrogen) atoms. The number of fused-ring (bicyclic) bond motifs is 1. The molecule has 2 aromatic rings. The number of carbonyl (C=O) groups excluding carboxylic acids is 2. The molecule has 2 heterocycles. The van der Waals surface area contributed by atoms with Crippen molar-refractivity contribution in [2.24, 2.45) is 13.0 Å². The van der Waals surface area contributed by atoms with E-state index < -0.39 is 0 Å². The van der Waals surface area contributed by atoms with Gasteiger partial charge in [-0.15, -0.1) is 11.3 Å². The Morgan fingerprint density at radius 3 is 2.89 bits per heavy atom. The van der Waals surface area contributed by atoms with Crippen LogP contribution in [-0.2, 0) is 24.6 Å². The lowest BCUT2D eigenvalue weighted by molar-refractivity contribution is 0.0526. The Balaban J connectivity index is 1.82. The quantitative estimate of drug-likeness (QED) is 0.356. The summed E-state index contributed by atoms with van der Waals surface area (Å²) >= 11 is 8.89. The molecule has 0 aromatic carbocycles. The molecule has 0 saturated carbocycles. The molecule has 0 aliphatic heterocycles. The Morgan fingerprint density at radius 1 is 1.50 bits per heavy atom. The van der Waals surface area contributed by atoms with Crippen LogP contribution in [0.25, 0.3) is 0 Å². The lowest BCUT2D eigenvalue weighted by Crippen LogP contribution is -2.35. The van der Waals surface area contributed by atoms with Crippen LogP contribution >= 0.6 is 46.1 Å². The van der Waals surface area contributed by atoms with Gasteiger partial charge in [-0.05, 0) is 72.5 Å². The lowest BCUT2D eigenvalue weighted by atomic mass is 9.88. The summed E-state index contributed by atoms with van der Waals surface area (Å²) in [7, 11) is 1.70. The fraction of sp³-hybridized carbons (Fsp3) is 0.444. The van der Waals surface area contributed by atoms with Crippen LogP contribution in [0, 0.1) is 9.49 Å². The van der Waals surface area contributed by atoms with Crippen LogP contribution in [0.3, 0.4) is 0 Å². The average molecular weight is 532 g/mol. The molecule has 1 aliphatic carbocycles. The van der Waals surface area contributed by atoms with E-state index in [4.69, 9.17) is 17.0 Å². The van der Waals surface area contributed by atoms with Crippen LogP contribution in [0.4, 0.5) is 5.00 Å². The van der Waals surface area contributed by atoms with Crippen molar-refractivity contribution in [1.29, 1.82) is 0 Å². The van der Waals surface area contributed by atoms with E-state index in [-0.39, 0.29) is 17.0 Å². The number of nitrogens with one attached hydrogen (secondary N) is 2. The van der Waals surface area contributed by atoms with E-state index in [1.54, 1.807) is 20.2 Å². The molecule has 2 N–H and O–H groups in total. The van der Waals surface area contributed by atoms with Gasteiger partial charge in [0, 0.05) is 11.9 Å². The number of ether oxygens (including phenoxy) is 1. The van der Waals surface area contributed by atoms with Crippen molar-refractivity contribution in [3.8, 4) is 0 Å². The van der Waals surface area contributed by atoms with E-state index in [2.05, 4.69) is 22.7 Å². The van der Waals surface area contributed by atoms with Gasteiger partial charge in [0.05, 0.1) is 21.9 Å². The highest BCUT2D eigenvalue weighted by Gasteiger charge is 2.29. The molecular formula is C18H21IN4O3S2. The highest BCUT2D eigenvalue weighted by Crippen LogP contribution is 2.40. The van der Waals surface area contributed by atoms with Crippen LogP contribution in [-0.4, -0.2) is 33.4 Å². The second-order valence-corrected chi connectivity index (χ2v) is 9.32. The minimum atomic E-state index is -0.354. The highest BCUT2D eigenvalue weighted by molar-refractivity contribution is 14.1. The van der Waals surface area contributed by atoms with Gasteiger partial charge < -0.3 is 10.1 Å². The Morgan fingerprint density at radius 2 is 2.25 bits per heavy atom. The number of thiophene rings is 1. The maximum absolute atomic E-state index is 12.6. The van der Waals surface area contributed by atoms with Crippen LogP contribution in [0.2, 0.25) is 0 Å². The number of nitrogens with zero attached hydrogens (tertiary/aromatic N) is 2. The largest absolute Gasteiger partial charge is 0.462 e. The second kappa shape index (κ2) is 8.87. The fourth-order valence-electron chi connectivity index (χ4n) is 3.22. The molecular weight excluding hydrogens is 511 g/mol. The summed E-state index contributed by atoms with van der Waals surface area (Å²) < 4.78 is 7.48. The Bertz CT molecular complexity index is 918. The van der Waals surface area contributed by atoms with Crippen LogP contribution in [0.1, 0.15) is 51.6 Å². The zero-order valence-corrected chi connectivity index (χ0v) is 19.6. The van der Waals surface area contributed by atoms with E-state index in [1.807, 2.05) is 22.6 Å². The van der Waals surface area contributed by atoms with Crippen molar-refractivity contribution in [2.75, 3.05) is 11.9 Å². The van der Waals surface area contributed by atoms with Gasteiger partial charge in [-0.1, -0.05) is 6.92 Å². The van der Waals surface area contributed by atoms with E-state index >= 15 is 0 Å². The van der Waals surface area contributed by atoms with Crippen LogP contribution in [0.15, 0.2) is 6.20 Å². The van der Waals surface area contributed by atoms with E-state index in [0.717, 1.165) is 28.4 Å². The molecule has 0 radical (unpaired) electrons. The predicted octanol–water partition coefficient (Wildman–Crippen LogP) is 3.51. The molecule has 0 unspecified atom stereocenters. The molecule has 3 rings (SSSR count). The summed E-state index contributed by atoms with van der Waals surface area (Å²) in [6, 6.07) is 0. The molecule has 150 valence electrons. The number of anilines is 1. The molecule has 1 atom stereocenters. The minimum absolute atomic E-state index is 0.138. The van der Waals surface area contributed by atoms with Crippen molar-refractivity contribution in [2.45, 2.75) is 33.1 Å². The molecule has 10 heteroatoms. The molecule has 0 spiro atoms. The fourth-order valence-corrected chi connectivity index (χ4v) is 5.60. The number of aryl methyl sites for hydroxylation is 1. The normalized spacial score (nSPS) is 15.6.